The predicted molar refractivity (Wildman–Crippen MR) is 74.5 cm³/mol. The third kappa shape index (κ3) is 4.95. The highest BCUT2D eigenvalue weighted by Gasteiger charge is 2.01. The van der Waals surface area contributed by atoms with Crippen LogP contribution in [0, 0.1) is 0 Å². The lowest BCUT2D eigenvalue weighted by atomic mass is 10.2. The van der Waals surface area contributed by atoms with E-state index >= 15 is 0 Å². The largest absolute Gasteiger partial charge is 0.508 e. The van der Waals surface area contributed by atoms with Gasteiger partial charge in [-0.1, -0.05) is 36.4 Å². The molecule has 0 radical (unpaired) electrons. The lowest BCUT2D eigenvalue weighted by Crippen LogP contribution is -2.13. The van der Waals surface area contributed by atoms with Gasteiger partial charge in [0, 0.05) is 11.8 Å². The number of aromatic hydroxyl groups is 1. The molecule has 0 fully saturated rings. The highest BCUT2D eigenvalue weighted by Crippen LogP contribution is 2.20. The molecule has 0 amide bonds. The van der Waals surface area contributed by atoms with Crippen molar-refractivity contribution in [3.8, 4) is 11.5 Å². The summed E-state index contributed by atoms with van der Waals surface area (Å²) in [4.78, 5) is 13.1. The average molecular weight is 257 g/mol. The Hall–Kier alpha value is -2.75. The number of hydrogen-bond donors (Lipinski definition) is 2. The van der Waals surface area contributed by atoms with Crippen LogP contribution in [-0.4, -0.2) is 11.9 Å². The molecule has 0 spiro atoms. The molecule has 0 aromatic heterocycles. The minimum Gasteiger partial charge on any atom is -0.508 e. The number of phenols is 1. The van der Waals surface area contributed by atoms with E-state index in [-0.39, 0.29) is 0 Å². The fraction of sp³-hybridized carbons (Fsp3) is 0. The molecule has 19 heavy (non-hydrogen) atoms. The van der Waals surface area contributed by atoms with Crippen molar-refractivity contribution in [2.24, 2.45) is 0 Å². The molecule has 2 N–H and O–H groups in total. The Morgan fingerprint density at radius 2 is 1.58 bits per heavy atom. The van der Waals surface area contributed by atoms with E-state index in [9.17, 15) is 0 Å². The van der Waals surface area contributed by atoms with Crippen LogP contribution in [0.3, 0.4) is 0 Å². The Morgan fingerprint density at radius 1 is 0.947 bits per heavy atom. The standard InChI is InChI=1S/C8H7NO.C6H6O.CH2O/c1-2-4-8-7(3-1)5-6-9-10-8;7-6-4-2-1-3-5-6;1-2/h1-6,9H;1-5,7H;1H2. The Kier molecular flexibility index (Phi) is 6.29. The predicted octanol–water partition coefficient (Wildman–Crippen LogP) is 2.76. The maximum absolute atomic E-state index is 8.63. The third-order valence-electron chi connectivity index (χ3n) is 2.18. The Labute approximate surface area is 111 Å². The number of fused-ring (bicyclic) bond motifs is 1. The summed E-state index contributed by atoms with van der Waals surface area (Å²) in [6, 6.07) is 16.6. The lowest BCUT2D eigenvalue weighted by molar-refractivity contribution is -0.0979. The summed E-state index contributed by atoms with van der Waals surface area (Å²) in [5.74, 6) is 1.20. The van der Waals surface area contributed by atoms with Gasteiger partial charge in [0.2, 0.25) is 0 Å². The Bertz CT molecular complexity index is 512. The van der Waals surface area contributed by atoms with Crippen molar-refractivity contribution in [2.45, 2.75) is 0 Å². The van der Waals surface area contributed by atoms with E-state index in [0.29, 0.717) is 5.75 Å². The molecular weight excluding hydrogens is 242 g/mol. The van der Waals surface area contributed by atoms with Gasteiger partial charge in [0.1, 0.15) is 12.5 Å². The Morgan fingerprint density at radius 3 is 2.16 bits per heavy atom. The van der Waals surface area contributed by atoms with E-state index in [4.69, 9.17) is 14.7 Å². The van der Waals surface area contributed by atoms with Gasteiger partial charge in [-0.2, -0.15) is 0 Å². The Balaban J connectivity index is 0.000000177. The van der Waals surface area contributed by atoms with E-state index in [0.717, 1.165) is 11.3 Å². The smallest absolute Gasteiger partial charge is 0.162 e. The van der Waals surface area contributed by atoms with Crippen LogP contribution in [0.15, 0.2) is 60.8 Å². The molecule has 2 aromatic rings. The molecule has 0 aliphatic carbocycles. The number of carbonyl (C=O) groups excluding carboxylic acids is 1. The summed E-state index contributed by atoms with van der Waals surface area (Å²) in [7, 11) is 0. The SMILES string of the molecule is C1=Cc2ccccc2ON1.C=O.Oc1ccccc1. The molecule has 3 rings (SSSR count). The van der Waals surface area contributed by atoms with Gasteiger partial charge in [-0.3, -0.25) is 0 Å². The molecule has 0 bridgehead atoms. The molecule has 98 valence electrons. The van der Waals surface area contributed by atoms with Crippen molar-refractivity contribution in [1.82, 2.24) is 5.48 Å². The number of carbonyl (C=O) groups is 1. The maximum Gasteiger partial charge on any atom is 0.162 e. The molecule has 0 unspecified atom stereocenters. The van der Waals surface area contributed by atoms with E-state index in [1.165, 1.54) is 0 Å². The second kappa shape index (κ2) is 8.36. The zero-order valence-corrected chi connectivity index (χ0v) is 10.3. The first-order valence-corrected chi connectivity index (χ1v) is 5.57. The molecule has 1 aliphatic rings. The van der Waals surface area contributed by atoms with Crippen LogP contribution in [0.4, 0.5) is 0 Å². The summed E-state index contributed by atoms with van der Waals surface area (Å²) >= 11 is 0. The third-order valence-corrected chi connectivity index (χ3v) is 2.18. The zero-order valence-electron chi connectivity index (χ0n) is 10.3. The molecule has 4 nitrogen and oxygen atoms in total. The molecule has 1 aliphatic heterocycles. The quantitative estimate of drug-likeness (QED) is 0.762. The van der Waals surface area contributed by atoms with E-state index < -0.39 is 0 Å². The average Bonchev–Trinajstić information content (AvgIpc) is 2.51. The van der Waals surface area contributed by atoms with Crippen molar-refractivity contribution < 1.29 is 14.7 Å². The highest BCUT2D eigenvalue weighted by molar-refractivity contribution is 5.57. The fourth-order valence-corrected chi connectivity index (χ4v) is 1.36. The van der Waals surface area contributed by atoms with Crippen molar-refractivity contribution in [3.05, 3.63) is 66.4 Å². The van der Waals surface area contributed by atoms with Gasteiger partial charge in [-0.25, -0.2) is 5.48 Å². The number of rotatable bonds is 0. The van der Waals surface area contributed by atoms with Gasteiger partial charge in [0.25, 0.3) is 0 Å². The topological polar surface area (TPSA) is 58.6 Å². The van der Waals surface area contributed by atoms with Crippen LogP contribution in [0.5, 0.6) is 11.5 Å². The van der Waals surface area contributed by atoms with Gasteiger partial charge in [-0.15, -0.1) is 0 Å². The minimum atomic E-state index is 0.322. The number of benzene rings is 2. The van der Waals surface area contributed by atoms with Gasteiger partial charge in [0.15, 0.2) is 5.75 Å². The van der Waals surface area contributed by atoms with Crippen LogP contribution in [0.2, 0.25) is 0 Å². The van der Waals surface area contributed by atoms with Gasteiger partial charge < -0.3 is 14.7 Å². The second-order valence-electron chi connectivity index (χ2n) is 3.43. The zero-order chi connectivity index (χ0) is 13.9. The van der Waals surface area contributed by atoms with Crippen LogP contribution in [0.1, 0.15) is 5.56 Å². The van der Waals surface area contributed by atoms with Crippen LogP contribution in [-0.2, 0) is 4.79 Å². The number of phenolic OH excluding ortho intramolecular Hbond substituents is 1. The van der Waals surface area contributed by atoms with Gasteiger partial charge in [0.05, 0.1) is 0 Å². The molecule has 0 saturated heterocycles. The van der Waals surface area contributed by atoms with Gasteiger partial charge in [-0.05, 0) is 24.3 Å². The fourth-order valence-electron chi connectivity index (χ4n) is 1.36. The number of hydroxylamine groups is 1. The normalized spacial score (nSPS) is 10.3. The van der Waals surface area contributed by atoms with E-state index in [1.807, 2.05) is 43.2 Å². The van der Waals surface area contributed by atoms with Crippen molar-refractivity contribution >= 4 is 12.9 Å². The van der Waals surface area contributed by atoms with Crippen molar-refractivity contribution in [3.63, 3.8) is 0 Å². The summed E-state index contributed by atoms with van der Waals surface area (Å²) in [6.07, 6.45) is 3.74. The first kappa shape index (κ1) is 14.3. The first-order chi connectivity index (χ1) is 9.36. The summed E-state index contributed by atoms with van der Waals surface area (Å²) in [6.45, 7) is 2.00. The van der Waals surface area contributed by atoms with Crippen molar-refractivity contribution in [1.29, 1.82) is 0 Å². The summed E-state index contributed by atoms with van der Waals surface area (Å²) in [5, 5.41) is 8.63. The lowest BCUT2D eigenvalue weighted by Gasteiger charge is -2.11. The van der Waals surface area contributed by atoms with Crippen LogP contribution < -0.4 is 10.3 Å². The van der Waals surface area contributed by atoms with Crippen LogP contribution in [0.25, 0.3) is 6.08 Å². The minimum absolute atomic E-state index is 0.322. The van der Waals surface area contributed by atoms with Crippen LogP contribution >= 0.6 is 0 Å². The summed E-state index contributed by atoms with van der Waals surface area (Å²) in [5.41, 5.74) is 3.77. The van der Waals surface area contributed by atoms with E-state index in [2.05, 4.69) is 5.48 Å². The first-order valence-electron chi connectivity index (χ1n) is 5.57. The highest BCUT2D eigenvalue weighted by atomic mass is 16.6. The van der Waals surface area contributed by atoms with Gasteiger partial charge >= 0.3 is 0 Å². The number of nitrogens with one attached hydrogen (secondary N) is 1. The monoisotopic (exact) mass is 257 g/mol. The molecular formula is C15H15NO3. The van der Waals surface area contributed by atoms with E-state index in [1.54, 1.807) is 30.5 Å². The molecule has 2 aromatic carbocycles. The number of para-hydroxylation sites is 2. The number of hydrogen-bond acceptors (Lipinski definition) is 4. The summed E-state index contributed by atoms with van der Waals surface area (Å²) < 4.78 is 0. The molecule has 0 saturated carbocycles. The maximum atomic E-state index is 8.63. The second-order valence-corrected chi connectivity index (χ2v) is 3.43. The molecule has 4 heteroatoms. The van der Waals surface area contributed by atoms with Crippen molar-refractivity contribution in [2.75, 3.05) is 0 Å². The molecule has 1 heterocycles. The molecule has 0 atom stereocenters.